The van der Waals surface area contributed by atoms with E-state index in [0.29, 0.717) is 42.6 Å². The molecule has 11 nitrogen and oxygen atoms in total. The fourth-order valence-corrected chi connectivity index (χ4v) is 4.39. The number of amides is 2. The van der Waals surface area contributed by atoms with Crippen molar-refractivity contribution in [3.05, 3.63) is 42.2 Å². The van der Waals surface area contributed by atoms with Crippen molar-refractivity contribution in [3.8, 4) is 0 Å². The number of carbonyl (C=O) groups is 2. The largest absolute Gasteiger partial charge is 0.351 e. The minimum Gasteiger partial charge on any atom is -0.351 e. The molecule has 0 aromatic carbocycles. The van der Waals surface area contributed by atoms with Gasteiger partial charge in [0.05, 0.1) is 36.4 Å². The number of likely N-dealkylation sites (N-methyl/N-ethyl adjacent to an activating group) is 2. The van der Waals surface area contributed by atoms with Crippen molar-refractivity contribution in [1.29, 1.82) is 0 Å². The van der Waals surface area contributed by atoms with Crippen molar-refractivity contribution in [3.63, 3.8) is 0 Å². The maximum atomic E-state index is 13.4. The zero-order chi connectivity index (χ0) is 23.7. The van der Waals surface area contributed by atoms with Gasteiger partial charge in [-0.25, -0.2) is 15.0 Å². The average Bonchev–Trinajstić information content (AvgIpc) is 3.47. The molecule has 2 aromatic heterocycles. The van der Waals surface area contributed by atoms with E-state index >= 15 is 0 Å². The average molecular weight is 464 g/mol. The molecule has 2 fully saturated rings. The summed E-state index contributed by atoms with van der Waals surface area (Å²) in [6.45, 7) is 1.73. The van der Waals surface area contributed by atoms with Crippen LogP contribution >= 0.6 is 0 Å². The fraction of sp³-hybridized carbons (Fsp3) is 0.478. The lowest BCUT2D eigenvalue weighted by molar-refractivity contribution is -0.123. The van der Waals surface area contributed by atoms with Crippen LogP contribution in [-0.4, -0.2) is 88.2 Å². The van der Waals surface area contributed by atoms with Gasteiger partial charge in [-0.15, -0.1) is 0 Å². The predicted molar refractivity (Wildman–Crippen MR) is 127 cm³/mol. The van der Waals surface area contributed by atoms with Crippen molar-refractivity contribution < 1.29 is 9.59 Å². The molecule has 34 heavy (non-hydrogen) atoms. The third-order valence-electron chi connectivity index (χ3n) is 6.43. The van der Waals surface area contributed by atoms with E-state index < -0.39 is 6.04 Å². The molecule has 1 saturated carbocycles. The SMILES string of the molecule is CNC1CCN(C(=O)C2=NN(C)CC2NC(=O)c2nc(C3CC3)ccc2Nc2cncnc2)C1. The Kier molecular flexibility index (Phi) is 6.10. The van der Waals surface area contributed by atoms with Gasteiger partial charge in [0.2, 0.25) is 0 Å². The molecule has 2 unspecified atom stereocenters. The third-order valence-corrected chi connectivity index (χ3v) is 6.43. The van der Waals surface area contributed by atoms with Gasteiger partial charge in [0.25, 0.3) is 11.8 Å². The van der Waals surface area contributed by atoms with Crippen molar-refractivity contribution in [2.24, 2.45) is 5.10 Å². The van der Waals surface area contributed by atoms with E-state index in [2.05, 4.69) is 36.0 Å². The van der Waals surface area contributed by atoms with E-state index in [1.807, 2.05) is 19.2 Å². The molecule has 178 valence electrons. The number of aromatic nitrogens is 3. The lowest BCUT2D eigenvalue weighted by atomic mass is 10.1. The summed E-state index contributed by atoms with van der Waals surface area (Å²) in [5, 5.41) is 15.5. The molecule has 0 radical (unpaired) electrons. The quantitative estimate of drug-likeness (QED) is 0.548. The molecule has 11 heteroatoms. The van der Waals surface area contributed by atoms with Crippen LogP contribution in [0.15, 0.2) is 36.0 Å². The third kappa shape index (κ3) is 4.69. The van der Waals surface area contributed by atoms with Crippen LogP contribution < -0.4 is 16.0 Å². The topological polar surface area (TPSA) is 128 Å². The number of carbonyl (C=O) groups excluding carboxylic acids is 2. The Balaban J connectivity index is 1.36. The molecule has 4 heterocycles. The van der Waals surface area contributed by atoms with Gasteiger partial charge in [-0.05, 0) is 38.4 Å². The summed E-state index contributed by atoms with van der Waals surface area (Å²) in [6, 6.07) is 3.58. The number of hydrogen-bond donors (Lipinski definition) is 3. The summed E-state index contributed by atoms with van der Waals surface area (Å²) in [6.07, 6.45) is 7.77. The summed E-state index contributed by atoms with van der Waals surface area (Å²) in [7, 11) is 3.70. The Hall–Kier alpha value is -3.60. The molecule has 0 spiro atoms. The van der Waals surface area contributed by atoms with E-state index in [4.69, 9.17) is 0 Å². The van der Waals surface area contributed by atoms with Crippen LogP contribution in [0.1, 0.15) is 41.4 Å². The van der Waals surface area contributed by atoms with Crippen molar-refractivity contribution >= 4 is 28.9 Å². The van der Waals surface area contributed by atoms with Crippen molar-refractivity contribution in [2.75, 3.05) is 39.0 Å². The van der Waals surface area contributed by atoms with Crippen LogP contribution in [0.2, 0.25) is 0 Å². The first kappa shape index (κ1) is 22.2. The van der Waals surface area contributed by atoms with Gasteiger partial charge in [-0.3, -0.25) is 14.6 Å². The number of likely N-dealkylation sites (tertiary alicyclic amines) is 1. The monoisotopic (exact) mass is 463 g/mol. The molecule has 2 atom stereocenters. The zero-order valence-electron chi connectivity index (χ0n) is 19.4. The molecule has 3 N–H and O–H groups in total. The van der Waals surface area contributed by atoms with Gasteiger partial charge in [-0.1, -0.05) is 0 Å². The number of hydrogen-bond acceptors (Lipinski definition) is 9. The molecule has 1 aliphatic carbocycles. The number of anilines is 2. The van der Waals surface area contributed by atoms with Crippen LogP contribution in [0, 0.1) is 0 Å². The molecule has 5 rings (SSSR count). The second-order valence-corrected chi connectivity index (χ2v) is 9.04. The summed E-state index contributed by atoms with van der Waals surface area (Å²) >= 11 is 0. The van der Waals surface area contributed by atoms with Gasteiger partial charge in [-0.2, -0.15) is 5.10 Å². The first-order chi connectivity index (χ1) is 16.5. The van der Waals surface area contributed by atoms with E-state index in [0.717, 1.165) is 25.0 Å². The lowest BCUT2D eigenvalue weighted by Crippen LogP contribution is -2.49. The predicted octanol–water partition coefficient (Wildman–Crippen LogP) is 0.713. The Morgan fingerprint density at radius 2 is 1.88 bits per heavy atom. The number of rotatable bonds is 7. The standard InChI is InChI=1S/C23H29N9O2/c1-24-15-7-8-32(11-15)23(34)21-19(12-31(2)30-21)29-22(33)20-18(27-16-9-25-13-26-10-16)6-5-17(28-20)14-3-4-14/h5-6,9-10,13-15,19,24,27H,3-4,7-8,11-12H2,1-2H3,(H,29,33). The Morgan fingerprint density at radius 1 is 1.09 bits per heavy atom. The molecule has 2 aromatic rings. The van der Waals surface area contributed by atoms with Crippen LogP contribution in [0.25, 0.3) is 0 Å². The Morgan fingerprint density at radius 3 is 2.59 bits per heavy atom. The number of nitrogens with one attached hydrogen (secondary N) is 3. The zero-order valence-corrected chi connectivity index (χ0v) is 19.4. The Labute approximate surface area is 198 Å². The minimum absolute atomic E-state index is 0.133. The highest BCUT2D eigenvalue weighted by atomic mass is 16.2. The van der Waals surface area contributed by atoms with Crippen LogP contribution in [0.4, 0.5) is 11.4 Å². The van der Waals surface area contributed by atoms with Crippen molar-refractivity contribution in [2.45, 2.75) is 37.3 Å². The normalized spacial score (nSPS) is 22.0. The van der Waals surface area contributed by atoms with Gasteiger partial charge in [0, 0.05) is 37.8 Å². The maximum Gasteiger partial charge on any atom is 0.272 e. The Bertz CT molecular complexity index is 1100. The van der Waals surface area contributed by atoms with Crippen LogP contribution in [0.5, 0.6) is 0 Å². The van der Waals surface area contributed by atoms with Crippen molar-refractivity contribution in [1.82, 2.24) is 35.5 Å². The molecular weight excluding hydrogens is 434 g/mol. The highest BCUT2D eigenvalue weighted by molar-refractivity contribution is 6.41. The fourth-order valence-electron chi connectivity index (χ4n) is 4.39. The van der Waals surface area contributed by atoms with E-state index in [1.165, 1.54) is 6.33 Å². The molecule has 1 saturated heterocycles. The second-order valence-electron chi connectivity index (χ2n) is 9.04. The summed E-state index contributed by atoms with van der Waals surface area (Å²) in [5.41, 5.74) is 2.76. The van der Waals surface area contributed by atoms with Gasteiger partial charge < -0.3 is 20.9 Å². The molecular formula is C23H29N9O2. The van der Waals surface area contributed by atoms with E-state index in [1.54, 1.807) is 29.4 Å². The highest BCUT2D eigenvalue weighted by Gasteiger charge is 2.37. The number of hydrazone groups is 1. The molecule has 2 aliphatic heterocycles. The first-order valence-electron chi connectivity index (χ1n) is 11.6. The summed E-state index contributed by atoms with van der Waals surface area (Å²) in [5.74, 6) is -0.0868. The van der Waals surface area contributed by atoms with Gasteiger partial charge >= 0.3 is 0 Å². The van der Waals surface area contributed by atoms with Gasteiger partial charge in [0.1, 0.15) is 12.0 Å². The highest BCUT2D eigenvalue weighted by Crippen LogP contribution is 2.39. The van der Waals surface area contributed by atoms with Gasteiger partial charge in [0.15, 0.2) is 5.69 Å². The number of pyridine rings is 1. The summed E-state index contributed by atoms with van der Waals surface area (Å²) in [4.78, 5) is 41.2. The number of nitrogens with zero attached hydrogens (tertiary/aromatic N) is 6. The van der Waals surface area contributed by atoms with Crippen LogP contribution in [-0.2, 0) is 4.79 Å². The van der Waals surface area contributed by atoms with E-state index in [-0.39, 0.29) is 23.6 Å². The van der Waals surface area contributed by atoms with Crippen LogP contribution in [0.3, 0.4) is 0 Å². The molecule has 0 bridgehead atoms. The first-order valence-corrected chi connectivity index (χ1v) is 11.6. The molecule has 3 aliphatic rings. The molecule has 2 amide bonds. The minimum atomic E-state index is -0.516. The lowest BCUT2D eigenvalue weighted by Gasteiger charge is -2.20. The van der Waals surface area contributed by atoms with E-state index in [9.17, 15) is 9.59 Å². The second kappa shape index (κ2) is 9.34. The smallest absolute Gasteiger partial charge is 0.272 e. The maximum absolute atomic E-state index is 13.4. The summed E-state index contributed by atoms with van der Waals surface area (Å²) < 4.78 is 0.